The van der Waals surface area contributed by atoms with E-state index in [4.69, 9.17) is 0 Å². The maximum atomic E-state index is 11.7. The molecule has 2 N–H and O–H groups in total. The molecule has 1 atom stereocenters. The second-order valence-corrected chi connectivity index (χ2v) is 7.08. The van der Waals surface area contributed by atoms with Crippen molar-refractivity contribution in [2.45, 2.75) is 25.9 Å². The summed E-state index contributed by atoms with van der Waals surface area (Å²) in [5, 5.41) is 5.44. The Hall–Kier alpha value is -1.56. The molecule has 1 aliphatic heterocycles. The van der Waals surface area contributed by atoms with Gasteiger partial charge in [0.15, 0.2) is 9.84 Å². The summed E-state index contributed by atoms with van der Waals surface area (Å²) in [6.07, 6.45) is 0.500. The quantitative estimate of drug-likeness (QED) is 0.868. The number of sulfone groups is 1. The summed E-state index contributed by atoms with van der Waals surface area (Å²) in [4.78, 5) is 11.7. The zero-order valence-electron chi connectivity index (χ0n) is 10.8. The molecule has 0 bridgehead atoms. The second-order valence-electron chi connectivity index (χ2n) is 4.85. The van der Waals surface area contributed by atoms with Gasteiger partial charge in [0.1, 0.15) is 0 Å². The fraction of sp³-hybridized carbons (Fsp3) is 0.462. The van der Waals surface area contributed by atoms with Gasteiger partial charge in [0.2, 0.25) is 0 Å². The molecule has 1 unspecified atom stereocenters. The van der Waals surface area contributed by atoms with Crippen molar-refractivity contribution >= 4 is 15.9 Å². The number of carbonyl (C=O) groups is 1. The number of hydrogen-bond donors (Lipinski definition) is 2. The van der Waals surface area contributed by atoms with Crippen molar-refractivity contribution in [3.63, 3.8) is 0 Å². The van der Waals surface area contributed by atoms with Crippen LogP contribution in [0.1, 0.15) is 17.5 Å². The zero-order valence-corrected chi connectivity index (χ0v) is 11.7. The molecule has 2 rings (SSSR count). The van der Waals surface area contributed by atoms with Crippen LogP contribution in [-0.2, 0) is 16.4 Å². The predicted molar refractivity (Wildman–Crippen MR) is 73.6 cm³/mol. The predicted octanol–water partition coefficient (Wildman–Crippen LogP) is 0.981. The van der Waals surface area contributed by atoms with Crippen LogP contribution in [0.2, 0.25) is 0 Å². The Morgan fingerprint density at radius 3 is 2.74 bits per heavy atom. The Kier molecular flexibility index (Phi) is 4.09. The molecule has 1 aromatic rings. The lowest BCUT2D eigenvalue weighted by Crippen LogP contribution is -2.42. The van der Waals surface area contributed by atoms with Crippen LogP contribution in [0.15, 0.2) is 24.3 Å². The monoisotopic (exact) mass is 282 g/mol. The number of carbonyl (C=O) groups excluding carboxylic acids is 1. The van der Waals surface area contributed by atoms with Crippen LogP contribution in [0.3, 0.4) is 0 Å². The van der Waals surface area contributed by atoms with Crippen LogP contribution in [0.4, 0.5) is 4.79 Å². The molecule has 0 saturated carbocycles. The second kappa shape index (κ2) is 5.61. The first-order valence-electron chi connectivity index (χ1n) is 6.25. The molecule has 1 heterocycles. The highest BCUT2D eigenvalue weighted by Crippen LogP contribution is 2.11. The maximum absolute atomic E-state index is 11.7. The van der Waals surface area contributed by atoms with Crippen LogP contribution in [-0.4, -0.2) is 32.0 Å². The number of aryl methyl sites for hydroxylation is 1. The minimum Gasteiger partial charge on any atom is -0.334 e. The van der Waals surface area contributed by atoms with E-state index in [-0.39, 0.29) is 23.6 Å². The number of urea groups is 1. The van der Waals surface area contributed by atoms with E-state index in [1.807, 2.05) is 31.2 Å². The highest BCUT2D eigenvalue weighted by atomic mass is 32.2. The fourth-order valence-corrected chi connectivity index (χ4v) is 3.80. The lowest BCUT2D eigenvalue weighted by Gasteiger charge is -2.12. The average Bonchev–Trinajstić information content (AvgIpc) is 2.67. The topological polar surface area (TPSA) is 75.3 Å². The third-order valence-corrected chi connectivity index (χ3v) is 5.04. The van der Waals surface area contributed by atoms with Crippen molar-refractivity contribution in [2.75, 3.05) is 11.5 Å². The van der Waals surface area contributed by atoms with Crippen molar-refractivity contribution in [1.82, 2.24) is 10.6 Å². The van der Waals surface area contributed by atoms with Crippen molar-refractivity contribution in [2.24, 2.45) is 0 Å². The highest BCUT2D eigenvalue weighted by molar-refractivity contribution is 7.91. The van der Waals surface area contributed by atoms with Gasteiger partial charge in [-0.1, -0.05) is 24.3 Å². The first-order chi connectivity index (χ1) is 8.96. The lowest BCUT2D eigenvalue weighted by molar-refractivity contribution is 0.237. The van der Waals surface area contributed by atoms with Gasteiger partial charge in [-0.05, 0) is 24.5 Å². The summed E-state index contributed by atoms with van der Waals surface area (Å²) < 4.78 is 22.5. The standard InChI is InChI=1S/C13H18N2O3S/c1-10-4-2-3-5-11(10)8-14-13(16)15-12-6-7-19(17,18)9-12/h2-5,12H,6-9H2,1H3,(H2,14,15,16). The van der Waals surface area contributed by atoms with Crippen LogP contribution in [0.25, 0.3) is 0 Å². The fourth-order valence-electron chi connectivity index (χ4n) is 2.13. The maximum Gasteiger partial charge on any atom is 0.315 e. The number of rotatable bonds is 3. The Labute approximate surface area is 113 Å². The molecule has 0 spiro atoms. The summed E-state index contributed by atoms with van der Waals surface area (Å²) in [6.45, 7) is 2.43. The van der Waals surface area contributed by atoms with Gasteiger partial charge >= 0.3 is 6.03 Å². The summed E-state index contributed by atoms with van der Waals surface area (Å²) in [5.74, 6) is 0.209. The number of amides is 2. The summed E-state index contributed by atoms with van der Waals surface area (Å²) >= 11 is 0. The van der Waals surface area contributed by atoms with Crippen LogP contribution in [0.5, 0.6) is 0 Å². The van der Waals surface area contributed by atoms with Gasteiger partial charge in [-0.15, -0.1) is 0 Å². The minimum atomic E-state index is -2.96. The molecule has 0 aromatic heterocycles. The van der Waals surface area contributed by atoms with Crippen LogP contribution in [0, 0.1) is 6.92 Å². The molecule has 5 nitrogen and oxygen atoms in total. The third-order valence-electron chi connectivity index (χ3n) is 3.27. The molecular weight excluding hydrogens is 264 g/mol. The molecule has 19 heavy (non-hydrogen) atoms. The van der Waals surface area contributed by atoms with Gasteiger partial charge in [0.05, 0.1) is 11.5 Å². The van der Waals surface area contributed by atoms with Gasteiger partial charge in [0, 0.05) is 12.6 Å². The number of hydrogen-bond acceptors (Lipinski definition) is 3. The average molecular weight is 282 g/mol. The van der Waals surface area contributed by atoms with E-state index in [1.54, 1.807) is 0 Å². The number of benzene rings is 1. The Morgan fingerprint density at radius 2 is 2.11 bits per heavy atom. The first kappa shape index (κ1) is 13.9. The molecule has 1 saturated heterocycles. The molecule has 104 valence electrons. The van der Waals surface area contributed by atoms with E-state index < -0.39 is 9.84 Å². The summed E-state index contributed by atoms with van der Waals surface area (Å²) in [5.41, 5.74) is 2.17. The molecule has 2 amide bonds. The van der Waals surface area contributed by atoms with E-state index in [9.17, 15) is 13.2 Å². The lowest BCUT2D eigenvalue weighted by atomic mass is 10.1. The molecule has 6 heteroatoms. The Bertz CT molecular complexity index is 569. The van der Waals surface area contributed by atoms with E-state index in [2.05, 4.69) is 10.6 Å². The molecule has 1 fully saturated rings. The molecule has 0 radical (unpaired) electrons. The Balaban J connectivity index is 1.81. The van der Waals surface area contributed by atoms with Gasteiger partial charge < -0.3 is 10.6 Å². The van der Waals surface area contributed by atoms with Gasteiger partial charge in [-0.25, -0.2) is 13.2 Å². The summed E-state index contributed by atoms with van der Waals surface area (Å²) in [7, 11) is -2.96. The van der Waals surface area contributed by atoms with Gasteiger partial charge in [0.25, 0.3) is 0 Å². The van der Waals surface area contributed by atoms with E-state index in [0.29, 0.717) is 13.0 Å². The SMILES string of the molecule is Cc1ccccc1CNC(=O)NC1CCS(=O)(=O)C1. The number of nitrogens with one attached hydrogen (secondary N) is 2. The third kappa shape index (κ3) is 3.96. The van der Waals surface area contributed by atoms with Crippen molar-refractivity contribution in [3.8, 4) is 0 Å². The van der Waals surface area contributed by atoms with Gasteiger partial charge in [-0.2, -0.15) is 0 Å². The van der Waals surface area contributed by atoms with E-state index in [1.165, 1.54) is 0 Å². The van der Waals surface area contributed by atoms with Gasteiger partial charge in [-0.3, -0.25) is 0 Å². The van der Waals surface area contributed by atoms with Crippen molar-refractivity contribution in [3.05, 3.63) is 35.4 Å². The smallest absolute Gasteiger partial charge is 0.315 e. The normalized spacial score (nSPS) is 21.0. The van der Waals surface area contributed by atoms with Crippen molar-refractivity contribution in [1.29, 1.82) is 0 Å². The van der Waals surface area contributed by atoms with E-state index >= 15 is 0 Å². The zero-order chi connectivity index (χ0) is 13.9. The minimum absolute atomic E-state index is 0.0464. The van der Waals surface area contributed by atoms with Crippen molar-refractivity contribution < 1.29 is 13.2 Å². The molecular formula is C13H18N2O3S. The largest absolute Gasteiger partial charge is 0.334 e. The Morgan fingerprint density at radius 1 is 1.37 bits per heavy atom. The van der Waals surface area contributed by atoms with E-state index in [0.717, 1.165) is 11.1 Å². The summed E-state index contributed by atoms with van der Waals surface area (Å²) in [6, 6.07) is 7.23. The first-order valence-corrected chi connectivity index (χ1v) is 8.08. The van der Waals surface area contributed by atoms with Crippen LogP contribution >= 0.6 is 0 Å². The molecule has 1 aromatic carbocycles. The molecule has 0 aliphatic carbocycles. The van der Waals surface area contributed by atoms with Crippen LogP contribution < -0.4 is 10.6 Å². The molecule has 1 aliphatic rings. The highest BCUT2D eigenvalue weighted by Gasteiger charge is 2.28.